The normalized spacial score (nSPS) is 22.7. The maximum absolute atomic E-state index is 14.6. The van der Waals surface area contributed by atoms with Gasteiger partial charge in [0.25, 0.3) is 0 Å². The van der Waals surface area contributed by atoms with E-state index in [0.717, 1.165) is 26.5 Å². The molecule has 11 amide bonds. The summed E-state index contributed by atoms with van der Waals surface area (Å²) < 4.78 is 41.6. The van der Waals surface area contributed by atoms with Crippen molar-refractivity contribution in [3.8, 4) is 5.75 Å². The highest BCUT2D eigenvalue weighted by Crippen LogP contribution is 2.26. The highest BCUT2D eigenvalue weighted by Gasteiger charge is 2.40. The van der Waals surface area contributed by atoms with Gasteiger partial charge < -0.3 is 75.9 Å². The number of primary amides is 3. The molecule has 2 heterocycles. The lowest BCUT2D eigenvalue weighted by Gasteiger charge is -2.31. The van der Waals surface area contributed by atoms with Crippen LogP contribution in [0.25, 0.3) is 0 Å². The minimum absolute atomic E-state index is 0.0174. The Labute approximate surface area is 440 Å². The summed E-state index contributed by atoms with van der Waals surface area (Å²) in [5, 5.41) is 27.1. The van der Waals surface area contributed by atoms with Gasteiger partial charge in [-0.1, -0.05) is 63.9 Å². The Morgan fingerprint density at radius 3 is 2.04 bits per heavy atom. The topological polar surface area (TPSA) is 438 Å². The maximum Gasteiger partial charge on any atom is 0.246 e. The molecule has 2 aromatic carbocycles. The number of nitrogens with two attached hydrogens (primary N) is 5. The molecular weight excluding hydrogens is 1000 g/mol. The molecule has 28 heteroatoms. The highest BCUT2D eigenvalue weighted by molar-refractivity contribution is 8.76. The Balaban J connectivity index is 1.75. The molecule has 0 bridgehead atoms. The first-order valence-electron chi connectivity index (χ1n) is 25.7. The van der Waals surface area contributed by atoms with Gasteiger partial charge in [0.15, 0.2) is 5.96 Å². The zero-order valence-electron chi connectivity index (χ0n) is 45.0. The van der Waals surface area contributed by atoms with Crippen LogP contribution in [0.15, 0.2) is 59.5 Å². The summed E-state index contributed by atoms with van der Waals surface area (Å²) in [6.45, 7) is -0.507. The Morgan fingerprint density at radius 2 is 1.39 bits per heavy atom. The van der Waals surface area contributed by atoms with Gasteiger partial charge in [0, 0.05) is 50.3 Å². The van der Waals surface area contributed by atoms with E-state index in [1.807, 2.05) is 0 Å². The van der Waals surface area contributed by atoms with E-state index in [1.54, 1.807) is 0 Å². The van der Waals surface area contributed by atoms with Gasteiger partial charge in [0.1, 0.15) is 48.0 Å². The standard InChI is InChI=1S/C46H64N14O12S2/c47-35(62)15-14-29-40(67)58-32(22-36(48)63)43(70)59-33(45(72)60-18-5-9-34(60)44(71)56-28(8-4-17-52-46(50)51)39(66)53-23-37(49)64)24-74-73-19-16-38(65)54-30(21-26-10-12-27(61)13-11-26)41(68)57-31(42(69)55-29)20-25-6-2-1-3-7-25/h1-3,6-7,10-13,28-34,61H,4-5,8-9,14-24H2,(H2,47,62)(H2,48,63)(H2,49,64)(H,53,66)(H,54,65)(H,55,69)(H,56,71)(H,57,68)(H,58,67)(H,59,70)(H4,50,51,52)/i1D,2D,3D,6D,7D. The molecule has 2 aliphatic heterocycles. The largest absolute Gasteiger partial charge is 0.508 e. The number of phenolic OH excluding ortho intramolecular Hbond substituents is 1. The van der Waals surface area contributed by atoms with Crippen LogP contribution in [0.5, 0.6) is 5.75 Å². The first kappa shape index (κ1) is 51.3. The predicted molar refractivity (Wildman–Crippen MR) is 272 cm³/mol. The summed E-state index contributed by atoms with van der Waals surface area (Å²) in [5.74, 6) is -11.3. The van der Waals surface area contributed by atoms with Crippen LogP contribution in [0.4, 0.5) is 0 Å². The number of aliphatic imine (C=N–C) groups is 1. The summed E-state index contributed by atoms with van der Waals surface area (Å²) in [5.41, 5.74) is 26.9. The molecule has 7 atom stereocenters. The van der Waals surface area contributed by atoms with E-state index in [0.29, 0.717) is 5.56 Å². The van der Waals surface area contributed by atoms with Crippen molar-refractivity contribution in [2.24, 2.45) is 33.7 Å². The van der Waals surface area contributed by atoms with Gasteiger partial charge in [-0.3, -0.25) is 57.7 Å². The summed E-state index contributed by atoms with van der Waals surface area (Å²) >= 11 is 0. The molecule has 0 aliphatic carbocycles. The van der Waals surface area contributed by atoms with Crippen molar-refractivity contribution >= 4 is 92.5 Å². The number of carbonyl (C=O) groups is 11. The molecule has 7 unspecified atom stereocenters. The number of rotatable bonds is 19. The summed E-state index contributed by atoms with van der Waals surface area (Å²) in [4.78, 5) is 154. The van der Waals surface area contributed by atoms with Crippen LogP contribution < -0.4 is 65.9 Å². The average Bonchev–Trinajstić information content (AvgIpc) is 3.91. The zero-order chi connectivity index (χ0) is 58.7. The number of hydrogen-bond acceptors (Lipinski definition) is 15. The molecule has 4 rings (SSSR count). The maximum atomic E-state index is 14.6. The number of likely N-dealkylation sites (tertiary alicyclic amines) is 1. The lowest BCUT2D eigenvalue weighted by atomic mass is 10.0. The molecule has 2 fully saturated rings. The van der Waals surface area contributed by atoms with Crippen LogP contribution in [0.3, 0.4) is 0 Å². The number of hydrogen-bond donors (Lipinski definition) is 13. The minimum Gasteiger partial charge on any atom is -0.508 e. The van der Waals surface area contributed by atoms with E-state index in [4.69, 9.17) is 35.5 Å². The van der Waals surface area contributed by atoms with Crippen molar-refractivity contribution in [2.45, 2.75) is 107 Å². The molecule has 0 aromatic heterocycles. The van der Waals surface area contributed by atoms with Crippen molar-refractivity contribution in [1.29, 1.82) is 0 Å². The summed E-state index contributed by atoms with van der Waals surface area (Å²) in [7, 11) is 2.05. The molecule has 0 radical (unpaired) electrons. The number of aromatic hydroxyl groups is 1. The molecule has 2 aromatic rings. The van der Waals surface area contributed by atoms with E-state index in [9.17, 15) is 57.8 Å². The van der Waals surface area contributed by atoms with E-state index < -0.39 is 175 Å². The number of nitrogens with zero attached hydrogens (tertiary/aromatic N) is 2. The van der Waals surface area contributed by atoms with Gasteiger partial charge in [0.05, 0.1) is 19.8 Å². The molecule has 18 N–H and O–H groups in total. The van der Waals surface area contributed by atoms with Crippen LogP contribution in [0.1, 0.15) is 69.3 Å². The number of guanidine groups is 1. The molecule has 0 saturated carbocycles. The van der Waals surface area contributed by atoms with Crippen LogP contribution in [0, 0.1) is 0 Å². The van der Waals surface area contributed by atoms with Crippen LogP contribution in [-0.4, -0.2) is 154 Å². The lowest BCUT2D eigenvalue weighted by Crippen LogP contribution is -2.61. The fourth-order valence-electron chi connectivity index (χ4n) is 7.52. The number of carbonyl (C=O) groups excluding carboxylic acids is 11. The number of amides is 11. The molecule has 26 nitrogen and oxygen atoms in total. The van der Waals surface area contributed by atoms with Crippen LogP contribution in [-0.2, 0) is 65.6 Å². The SMILES string of the molecule is [2H]c1c([2H])c([2H])c(CC2NC(=O)C(Cc3ccc(O)cc3)NC(=O)CCSSCC(C(=O)N3CCCC3C(=O)NC(CCCN=C(N)N)C(=O)NCC(N)=O)NC(=O)C(CC(N)=O)NC(=O)C(CCC(N)=O)NC2=O)c([2H])c1[2H]. The molecule has 0 spiro atoms. The third-order valence-corrected chi connectivity index (χ3v) is 13.6. The molecule has 74 heavy (non-hydrogen) atoms. The Hall–Kier alpha value is -7.62. The Morgan fingerprint density at radius 1 is 0.770 bits per heavy atom. The highest BCUT2D eigenvalue weighted by atomic mass is 33.1. The van der Waals surface area contributed by atoms with Crippen molar-refractivity contribution in [3.63, 3.8) is 0 Å². The van der Waals surface area contributed by atoms with Crippen LogP contribution >= 0.6 is 21.6 Å². The molecular formula is C46H64N14O12S2. The van der Waals surface area contributed by atoms with Gasteiger partial charge in [0.2, 0.25) is 65.0 Å². The second kappa shape index (κ2) is 29.8. The minimum atomic E-state index is -1.90. The van der Waals surface area contributed by atoms with Crippen molar-refractivity contribution in [2.75, 3.05) is 31.1 Å². The quantitative estimate of drug-likeness (QED) is 0.0274. The summed E-state index contributed by atoms with van der Waals surface area (Å²) in [6, 6.07) is -9.36. The first-order chi connectivity index (χ1) is 37.3. The first-order valence-corrected chi connectivity index (χ1v) is 25.6. The Bertz CT molecular complexity index is 2650. The monoisotopic (exact) mass is 1070 g/mol. The van der Waals surface area contributed by atoms with Gasteiger partial charge >= 0.3 is 0 Å². The van der Waals surface area contributed by atoms with E-state index in [1.165, 1.54) is 24.3 Å². The number of phenols is 1. The fraction of sp³-hybridized carbons (Fsp3) is 0.478. The van der Waals surface area contributed by atoms with E-state index in [2.05, 4.69) is 42.2 Å². The predicted octanol–water partition coefficient (Wildman–Crippen LogP) is -4.34. The summed E-state index contributed by atoms with van der Waals surface area (Å²) in [6.07, 6.45) is -2.85. The smallest absolute Gasteiger partial charge is 0.246 e. The molecule has 2 saturated heterocycles. The van der Waals surface area contributed by atoms with Gasteiger partial charge in [-0.15, -0.1) is 0 Å². The second-order valence-corrected chi connectivity index (χ2v) is 19.6. The third-order valence-electron chi connectivity index (χ3n) is 11.2. The number of nitrogens with one attached hydrogen (secondary N) is 7. The number of benzene rings is 2. The zero-order valence-corrected chi connectivity index (χ0v) is 41.6. The third kappa shape index (κ3) is 20.1. The lowest BCUT2D eigenvalue weighted by molar-refractivity contribution is -0.142. The van der Waals surface area contributed by atoms with E-state index in [-0.39, 0.29) is 74.8 Å². The van der Waals surface area contributed by atoms with Gasteiger partial charge in [-0.25, -0.2) is 0 Å². The van der Waals surface area contributed by atoms with Crippen molar-refractivity contribution < 1.29 is 64.7 Å². The Kier molecular flexibility index (Phi) is 20.6. The molecule has 402 valence electrons. The van der Waals surface area contributed by atoms with E-state index >= 15 is 0 Å². The fourth-order valence-corrected chi connectivity index (χ4v) is 9.66. The molecule has 2 aliphatic rings. The average molecular weight is 1070 g/mol. The van der Waals surface area contributed by atoms with Gasteiger partial charge in [-0.05, 0) is 55.4 Å². The van der Waals surface area contributed by atoms with Crippen LogP contribution in [0.2, 0.25) is 0 Å². The second-order valence-electron chi connectivity index (χ2n) is 17.0. The van der Waals surface area contributed by atoms with Gasteiger partial charge in [-0.2, -0.15) is 0 Å². The van der Waals surface area contributed by atoms with Crippen molar-refractivity contribution in [1.82, 2.24) is 42.1 Å². The van der Waals surface area contributed by atoms with Crippen molar-refractivity contribution in [3.05, 3.63) is 65.6 Å².